The molecule has 0 aliphatic rings. The van der Waals surface area contributed by atoms with Crippen LogP contribution in [0.25, 0.3) is 0 Å². The molecule has 3 heteroatoms. The average molecular weight is 235 g/mol. The Balaban J connectivity index is 2.78. The monoisotopic (exact) mass is 235 g/mol. The van der Waals surface area contributed by atoms with Crippen LogP contribution >= 0.6 is 0 Å². The van der Waals surface area contributed by atoms with Gasteiger partial charge in [-0.05, 0) is 31.0 Å². The molecule has 0 aromatic carbocycles. The van der Waals surface area contributed by atoms with Gasteiger partial charge in [0, 0.05) is 31.9 Å². The van der Waals surface area contributed by atoms with E-state index in [4.69, 9.17) is 0 Å². The Hall–Kier alpha value is -1.09. The summed E-state index contributed by atoms with van der Waals surface area (Å²) >= 11 is 0. The van der Waals surface area contributed by atoms with Crippen molar-refractivity contribution in [2.75, 3.05) is 18.5 Å². The Bertz CT molecular complexity index is 347. The molecule has 1 heterocycles. The smallest absolute Gasteiger partial charge is 0.128 e. The second kappa shape index (κ2) is 6.60. The molecule has 0 saturated carbocycles. The van der Waals surface area contributed by atoms with E-state index < -0.39 is 0 Å². The summed E-state index contributed by atoms with van der Waals surface area (Å²) in [6.07, 6.45) is 1.14. The van der Waals surface area contributed by atoms with Crippen molar-refractivity contribution in [2.45, 2.75) is 46.7 Å². The second-order valence-corrected chi connectivity index (χ2v) is 4.93. The average Bonchev–Trinajstić information content (AvgIpc) is 2.26. The zero-order valence-corrected chi connectivity index (χ0v) is 11.7. The molecule has 0 saturated heterocycles. The predicted molar refractivity (Wildman–Crippen MR) is 74.5 cm³/mol. The highest BCUT2D eigenvalue weighted by Crippen LogP contribution is 2.14. The van der Waals surface area contributed by atoms with Crippen LogP contribution in [-0.4, -0.2) is 24.6 Å². The highest BCUT2D eigenvalue weighted by Gasteiger charge is 2.05. The molecule has 0 aliphatic heterocycles. The third-order valence-corrected chi connectivity index (χ3v) is 2.66. The van der Waals surface area contributed by atoms with E-state index in [-0.39, 0.29) is 0 Å². The Morgan fingerprint density at radius 3 is 2.65 bits per heavy atom. The largest absolute Gasteiger partial charge is 0.360 e. The maximum Gasteiger partial charge on any atom is 0.128 e. The number of nitrogens with one attached hydrogen (secondary N) is 1. The molecule has 0 radical (unpaired) electrons. The van der Waals surface area contributed by atoms with Crippen LogP contribution in [0.2, 0.25) is 0 Å². The van der Waals surface area contributed by atoms with Gasteiger partial charge < -0.3 is 10.2 Å². The van der Waals surface area contributed by atoms with Gasteiger partial charge in [0.05, 0.1) is 0 Å². The number of nitrogens with zero attached hydrogens (tertiary/aromatic N) is 2. The maximum absolute atomic E-state index is 4.58. The number of pyridine rings is 1. The van der Waals surface area contributed by atoms with Gasteiger partial charge >= 0.3 is 0 Å². The van der Waals surface area contributed by atoms with E-state index in [2.05, 4.69) is 62.1 Å². The van der Waals surface area contributed by atoms with E-state index in [1.807, 2.05) is 0 Å². The summed E-state index contributed by atoms with van der Waals surface area (Å²) in [5, 5.41) is 3.44. The molecule has 1 rings (SSSR count). The fraction of sp³-hybridized carbons (Fsp3) is 0.643. The van der Waals surface area contributed by atoms with Crippen molar-refractivity contribution < 1.29 is 0 Å². The molecule has 1 aromatic heterocycles. The van der Waals surface area contributed by atoms with Crippen molar-refractivity contribution in [1.29, 1.82) is 0 Å². The summed E-state index contributed by atoms with van der Waals surface area (Å²) in [5.74, 6) is 1.08. The highest BCUT2D eigenvalue weighted by molar-refractivity contribution is 5.41. The Morgan fingerprint density at radius 1 is 1.35 bits per heavy atom. The third kappa shape index (κ3) is 4.73. The normalized spacial score (nSPS) is 10.9. The van der Waals surface area contributed by atoms with Gasteiger partial charge in [0.25, 0.3) is 0 Å². The molecular weight excluding hydrogens is 210 g/mol. The Labute approximate surface area is 105 Å². The fourth-order valence-corrected chi connectivity index (χ4v) is 1.79. The van der Waals surface area contributed by atoms with Crippen LogP contribution in [0.3, 0.4) is 0 Å². The van der Waals surface area contributed by atoms with Crippen LogP contribution in [-0.2, 0) is 6.54 Å². The maximum atomic E-state index is 4.58. The fourth-order valence-electron chi connectivity index (χ4n) is 1.79. The van der Waals surface area contributed by atoms with E-state index >= 15 is 0 Å². The van der Waals surface area contributed by atoms with E-state index in [1.54, 1.807) is 0 Å². The molecular formula is C14H25N3. The minimum Gasteiger partial charge on any atom is -0.360 e. The molecule has 0 fully saturated rings. The second-order valence-electron chi connectivity index (χ2n) is 4.93. The van der Waals surface area contributed by atoms with Gasteiger partial charge in [-0.1, -0.05) is 20.8 Å². The summed E-state index contributed by atoms with van der Waals surface area (Å²) in [5.41, 5.74) is 2.40. The molecule has 0 atom stereocenters. The first kappa shape index (κ1) is 14.0. The van der Waals surface area contributed by atoms with Gasteiger partial charge in [0.2, 0.25) is 0 Å². The zero-order chi connectivity index (χ0) is 12.8. The van der Waals surface area contributed by atoms with Crippen LogP contribution in [0.5, 0.6) is 0 Å². The van der Waals surface area contributed by atoms with Crippen LogP contribution in [0.1, 0.15) is 38.4 Å². The summed E-state index contributed by atoms with van der Waals surface area (Å²) < 4.78 is 0. The zero-order valence-electron chi connectivity index (χ0n) is 11.7. The van der Waals surface area contributed by atoms with E-state index in [1.165, 1.54) is 5.56 Å². The lowest BCUT2D eigenvalue weighted by Gasteiger charge is -2.19. The van der Waals surface area contributed by atoms with Crippen molar-refractivity contribution in [2.24, 2.45) is 0 Å². The van der Waals surface area contributed by atoms with Crippen LogP contribution in [0.15, 0.2) is 12.1 Å². The topological polar surface area (TPSA) is 28.2 Å². The number of aromatic nitrogens is 1. The van der Waals surface area contributed by atoms with Gasteiger partial charge in [0.1, 0.15) is 5.82 Å². The predicted octanol–water partition coefficient (Wildman–Crippen LogP) is 2.73. The molecule has 0 amide bonds. The summed E-state index contributed by atoms with van der Waals surface area (Å²) in [7, 11) is 2.10. The van der Waals surface area contributed by atoms with Crippen molar-refractivity contribution in [1.82, 2.24) is 10.3 Å². The standard InChI is InChI=1S/C14H25N3/c1-6-7-17(5)14-9-13(8-12(4)16-14)10-15-11(2)3/h8-9,11,15H,6-7,10H2,1-5H3. The van der Waals surface area contributed by atoms with Crippen molar-refractivity contribution in [3.63, 3.8) is 0 Å². The van der Waals surface area contributed by atoms with Crippen LogP contribution in [0, 0.1) is 6.92 Å². The number of aryl methyl sites for hydroxylation is 1. The molecule has 1 N–H and O–H groups in total. The molecule has 0 unspecified atom stereocenters. The number of anilines is 1. The number of rotatable bonds is 6. The third-order valence-electron chi connectivity index (χ3n) is 2.66. The highest BCUT2D eigenvalue weighted by atomic mass is 15.2. The molecule has 0 aliphatic carbocycles. The quantitative estimate of drug-likeness (QED) is 0.821. The molecule has 1 aromatic rings. The van der Waals surface area contributed by atoms with Crippen molar-refractivity contribution >= 4 is 5.82 Å². The molecule has 3 nitrogen and oxygen atoms in total. The van der Waals surface area contributed by atoms with Crippen molar-refractivity contribution in [3.8, 4) is 0 Å². The first-order chi connectivity index (χ1) is 8.02. The Morgan fingerprint density at radius 2 is 2.06 bits per heavy atom. The molecule has 0 spiro atoms. The van der Waals surface area contributed by atoms with E-state index in [0.717, 1.165) is 31.0 Å². The van der Waals surface area contributed by atoms with E-state index in [9.17, 15) is 0 Å². The lowest BCUT2D eigenvalue weighted by atomic mass is 10.2. The number of hydrogen-bond acceptors (Lipinski definition) is 3. The Kier molecular flexibility index (Phi) is 5.42. The van der Waals surface area contributed by atoms with Gasteiger partial charge in [-0.3, -0.25) is 0 Å². The van der Waals surface area contributed by atoms with Gasteiger partial charge in [-0.15, -0.1) is 0 Å². The summed E-state index contributed by atoms with van der Waals surface area (Å²) in [6, 6.07) is 4.84. The lowest BCUT2D eigenvalue weighted by molar-refractivity contribution is 0.588. The van der Waals surface area contributed by atoms with Crippen LogP contribution in [0.4, 0.5) is 5.82 Å². The summed E-state index contributed by atoms with van der Waals surface area (Å²) in [6.45, 7) is 10.5. The molecule has 96 valence electrons. The summed E-state index contributed by atoms with van der Waals surface area (Å²) in [4.78, 5) is 6.79. The molecule has 17 heavy (non-hydrogen) atoms. The van der Waals surface area contributed by atoms with Crippen molar-refractivity contribution in [3.05, 3.63) is 23.4 Å². The van der Waals surface area contributed by atoms with Gasteiger partial charge in [0.15, 0.2) is 0 Å². The minimum atomic E-state index is 0.514. The molecule has 0 bridgehead atoms. The lowest BCUT2D eigenvalue weighted by Crippen LogP contribution is -2.23. The van der Waals surface area contributed by atoms with E-state index in [0.29, 0.717) is 6.04 Å². The van der Waals surface area contributed by atoms with Crippen LogP contribution < -0.4 is 10.2 Å². The SMILES string of the molecule is CCCN(C)c1cc(CNC(C)C)cc(C)n1. The van der Waals surface area contributed by atoms with Gasteiger partial charge in [-0.25, -0.2) is 4.98 Å². The van der Waals surface area contributed by atoms with Gasteiger partial charge in [-0.2, -0.15) is 0 Å². The first-order valence-electron chi connectivity index (χ1n) is 6.45. The minimum absolute atomic E-state index is 0.514. The first-order valence-corrected chi connectivity index (χ1v) is 6.45. The number of hydrogen-bond donors (Lipinski definition) is 1.